The van der Waals surface area contributed by atoms with E-state index in [1.54, 1.807) is 12.1 Å². The number of carbonyl (C=O) groups excluding carboxylic acids is 2. The second-order valence-electron chi connectivity index (χ2n) is 3.54. The predicted molar refractivity (Wildman–Crippen MR) is 71.6 cm³/mol. The van der Waals surface area contributed by atoms with Crippen LogP contribution in [0, 0.1) is 0 Å². The highest BCUT2D eigenvalue weighted by Gasteiger charge is 2.06. The molecule has 0 fully saturated rings. The van der Waals surface area contributed by atoms with Gasteiger partial charge in [0.05, 0.1) is 23.6 Å². The van der Waals surface area contributed by atoms with Crippen molar-refractivity contribution in [3.05, 3.63) is 28.2 Å². The Morgan fingerprint density at radius 1 is 1.26 bits per heavy atom. The molecule has 0 saturated carbocycles. The first kappa shape index (κ1) is 15.6. The molecule has 0 heterocycles. The van der Waals surface area contributed by atoms with E-state index in [1.807, 2.05) is 0 Å². The second kappa shape index (κ2) is 7.86. The summed E-state index contributed by atoms with van der Waals surface area (Å²) in [7, 11) is 1.29. The number of ether oxygens (including phenoxy) is 2. The molecular formula is C12H13Cl2NO4. The van der Waals surface area contributed by atoms with Gasteiger partial charge in [-0.25, -0.2) is 0 Å². The fourth-order valence-electron chi connectivity index (χ4n) is 1.17. The summed E-state index contributed by atoms with van der Waals surface area (Å²) in [4.78, 5) is 22.2. The van der Waals surface area contributed by atoms with E-state index in [1.165, 1.54) is 13.2 Å². The van der Waals surface area contributed by atoms with Crippen molar-refractivity contribution in [2.45, 2.75) is 6.42 Å². The molecule has 0 spiro atoms. The normalized spacial score (nSPS) is 9.84. The summed E-state index contributed by atoms with van der Waals surface area (Å²) in [5.41, 5.74) is 0. The van der Waals surface area contributed by atoms with Crippen LogP contribution < -0.4 is 10.1 Å². The molecule has 104 valence electrons. The van der Waals surface area contributed by atoms with E-state index in [0.29, 0.717) is 15.8 Å². The minimum Gasteiger partial charge on any atom is -0.484 e. The Morgan fingerprint density at radius 3 is 2.63 bits per heavy atom. The number of nitrogens with one attached hydrogen (secondary N) is 1. The Morgan fingerprint density at radius 2 is 2.00 bits per heavy atom. The lowest BCUT2D eigenvalue weighted by molar-refractivity contribution is -0.140. The summed E-state index contributed by atoms with van der Waals surface area (Å²) in [6.45, 7) is 0.0371. The molecular weight excluding hydrogens is 293 g/mol. The zero-order chi connectivity index (χ0) is 14.3. The van der Waals surface area contributed by atoms with Gasteiger partial charge in [-0.15, -0.1) is 0 Å². The Labute approximate surface area is 120 Å². The van der Waals surface area contributed by atoms with Gasteiger partial charge in [-0.05, 0) is 12.1 Å². The molecule has 5 nitrogen and oxygen atoms in total. The fraction of sp³-hybridized carbons (Fsp3) is 0.333. The zero-order valence-electron chi connectivity index (χ0n) is 10.2. The van der Waals surface area contributed by atoms with Crippen LogP contribution in [0.25, 0.3) is 0 Å². The molecule has 19 heavy (non-hydrogen) atoms. The number of halogens is 2. The van der Waals surface area contributed by atoms with Gasteiger partial charge in [0.15, 0.2) is 6.61 Å². The van der Waals surface area contributed by atoms with E-state index < -0.39 is 0 Å². The lowest BCUT2D eigenvalue weighted by Crippen LogP contribution is -2.30. The summed E-state index contributed by atoms with van der Waals surface area (Å²) >= 11 is 11.5. The third-order valence-electron chi connectivity index (χ3n) is 2.14. The number of amides is 1. The number of hydrogen-bond acceptors (Lipinski definition) is 4. The molecule has 0 aromatic heterocycles. The smallest absolute Gasteiger partial charge is 0.307 e. The lowest BCUT2D eigenvalue weighted by atomic mass is 10.3. The van der Waals surface area contributed by atoms with E-state index in [-0.39, 0.29) is 31.4 Å². The summed E-state index contributed by atoms with van der Waals surface area (Å²) < 4.78 is 9.65. The van der Waals surface area contributed by atoms with Crippen molar-refractivity contribution in [1.82, 2.24) is 5.32 Å². The average Bonchev–Trinajstić information content (AvgIpc) is 2.40. The van der Waals surface area contributed by atoms with Crippen LogP contribution in [-0.2, 0) is 14.3 Å². The maximum Gasteiger partial charge on any atom is 0.307 e. The van der Waals surface area contributed by atoms with Crippen LogP contribution >= 0.6 is 23.2 Å². The summed E-state index contributed by atoms with van der Waals surface area (Å²) in [5.74, 6) is -0.279. The molecule has 0 aliphatic rings. The van der Waals surface area contributed by atoms with Crippen molar-refractivity contribution >= 4 is 35.1 Å². The van der Waals surface area contributed by atoms with Crippen LogP contribution in [-0.4, -0.2) is 32.1 Å². The minimum atomic E-state index is -0.384. The first-order valence-electron chi connectivity index (χ1n) is 5.44. The van der Waals surface area contributed by atoms with Crippen LogP contribution in [0.2, 0.25) is 10.0 Å². The Hall–Kier alpha value is -1.46. The van der Waals surface area contributed by atoms with Crippen LogP contribution in [0.1, 0.15) is 6.42 Å². The van der Waals surface area contributed by atoms with Gasteiger partial charge >= 0.3 is 5.97 Å². The number of hydrogen-bond donors (Lipinski definition) is 1. The highest BCUT2D eigenvalue weighted by atomic mass is 35.5. The number of benzene rings is 1. The van der Waals surface area contributed by atoms with Crippen LogP contribution in [0.4, 0.5) is 0 Å². The van der Waals surface area contributed by atoms with Gasteiger partial charge in [0.1, 0.15) is 5.75 Å². The van der Waals surface area contributed by atoms with Crippen LogP contribution in [0.5, 0.6) is 5.75 Å². The molecule has 7 heteroatoms. The van der Waals surface area contributed by atoms with Crippen molar-refractivity contribution in [3.63, 3.8) is 0 Å². The SMILES string of the molecule is COC(=O)CCNC(=O)COc1ccc(Cl)c(Cl)c1. The first-order valence-corrected chi connectivity index (χ1v) is 6.20. The lowest BCUT2D eigenvalue weighted by Gasteiger charge is -2.07. The van der Waals surface area contributed by atoms with Gasteiger partial charge in [0.2, 0.25) is 0 Å². The highest BCUT2D eigenvalue weighted by molar-refractivity contribution is 6.42. The standard InChI is InChI=1S/C12H13Cl2NO4/c1-18-12(17)4-5-15-11(16)7-19-8-2-3-9(13)10(14)6-8/h2-3,6H,4-5,7H2,1H3,(H,15,16). The summed E-state index contributed by atoms with van der Waals surface area (Å²) in [6.07, 6.45) is 0.120. The molecule has 1 rings (SSSR count). The molecule has 0 unspecified atom stereocenters. The van der Waals surface area contributed by atoms with E-state index in [9.17, 15) is 9.59 Å². The van der Waals surface area contributed by atoms with Crippen molar-refractivity contribution in [3.8, 4) is 5.75 Å². The van der Waals surface area contributed by atoms with Crippen molar-refractivity contribution in [1.29, 1.82) is 0 Å². The minimum absolute atomic E-state index is 0.120. The van der Waals surface area contributed by atoms with Crippen molar-refractivity contribution < 1.29 is 19.1 Å². The fourth-order valence-corrected chi connectivity index (χ4v) is 1.46. The second-order valence-corrected chi connectivity index (χ2v) is 4.36. The molecule has 0 atom stereocenters. The van der Waals surface area contributed by atoms with E-state index in [0.717, 1.165) is 0 Å². The summed E-state index contributed by atoms with van der Waals surface area (Å²) in [6, 6.07) is 4.70. The van der Waals surface area contributed by atoms with E-state index in [2.05, 4.69) is 10.1 Å². The molecule has 0 radical (unpaired) electrons. The monoisotopic (exact) mass is 305 g/mol. The van der Waals surface area contributed by atoms with Gasteiger partial charge in [-0.3, -0.25) is 9.59 Å². The number of carbonyl (C=O) groups is 2. The molecule has 0 aliphatic heterocycles. The Bertz CT molecular complexity index is 465. The highest BCUT2D eigenvalue weighted by Crippen LogP contribution is 2.26. The number of methoxy groups -OCH3 is 1. The quantitative estimate of drug-likeness (QED) is 0.817. The topological polar surface area (TPSA) is 64.6 Å². The third-order valence-corrected chi connectivity index (χ3v) is 2.88. The molecule has 0 bridgehead atoms. The Balaban J connectivity index is 2.30. The summed E-state index contributed by atoms with van der Waals surface area (Å²) in [5, 5.41) is 3.29. The van der Waals surface area contributed by atoms with Gasteiger partial charge < -0.3 is 14.8 Å². The third kappa shape index (κ3) is 5.81. The molecule has 1 N–H and O–H groups in total. The molecule has 1 amide bonds. The molecule has 1 aromatic rings. The molecule has 0 aliphatic carbocycles. The predicted octanol–water partition coefficient (Wildman–Crippen LogP) is 2.05. The largest absolute Gasteiger partial charge is 0.484 e. The molecule has 0 saturated heterocycles. The van der Waals surface area contributed by atoms with Gasteiger partial charge in [0, 0.05) is 12.6 Å². The number of esters is 1. The average molecular weight is 306 g/mol. The zero-order valence-corrected chi connectivity index (χ0v) is 11.8. The Kier molecular flexibility index (Phi) is 6.45. The van der Waals surface area contributed by atoms with Crippen LogP contribution in [0.15, 0.2) is 18.2 Å². The van der Waals surface area contributed by atoms with Gasteiger partial charge in [0.25, 0.3) is 5.91 Å². The maximum atomic E-state index is 11.4. The van der Waals surface area contributed by atoms with Crippen LogP contribution in [0.3, 0.4) is 0 Å². The first-order chi connectivity index (χ1) is 9.02. The number of rotatable bonds is 6. The van der Waals surface area contributed by atoms with E-state index >= 15 is 0 Å². The van der Waals surface area contributed by atoms with E-state index in [4.69, 9.17) is 27.9 Å². The van der Waals surface area contributed by atoms with Gasteiger partial charge in [-0.1, -0.05) is 23.2 Å². The maximum absolute atomic E-state index is 11.4. The molecule has 1 aromatic carbocycles. The van der Waals surface area contributed by atoms with Crippen molar-refractivity contribution in [2.75, 3.05) is 20.3 Å². The van der Waals surface area contributed by atoms with Gasteiger partial charge in [-0.2, -0.15) is 0 Å². The van der Waals surface area contributed by atoms with Crippen molar-refractivity contribution in [2.24, 2.45) is 0 Å².